The van der Waals surface area contributed by atoms with Crippen LogP contribution in [0.25, 0.3) is 0 Å². The molecule has 0 radical (unpaired) electrons. The van der Waals surface area contributed by atoms with Crippen LogP contribution in [0.15, 0.2) is 96.1 Å². The minimum absolute atomic E-state index is 0.282. The van der Waals surface area contributed by atoms with Gasteiger partial charge in [0.2, 0.25) is 0 Å². The van der Waals surface area contributed by atoms with Crippen molar-refractivity contribution in [3.63, 3.8) is 0 Å². The van der Waals surface area contributed by atoms with E-state index in [4.69, 9.17) is 9.47 Å². The van der Waals surface area contributed by atoms with Crippen molar-refractivity contribution in [2.24, 2.45) is 5.92 Å². The molecule has 0 bridgehead atoms. The fourth-order valence-electron chi connectivity index (χ4n) is 2.96. The Morgan fingerprint density at radius 1 is 1.41 bits per heavy atom. The van der Waals surface area contributed by atoms with Crippen molar-refractivity contribution in [1.82, 2.24) is 0 Å². The van der Waals surface area contributed by atoms with E-state index >= 15 is 0 Å². The van der Waals surface area contributed by atoms with Gasteiger partial charge in [0.15, 0.2) is 0 Å². The Morgan fingerprint density at radius 2 is 2.22 bits per heavy atom. The summed E-state index contributed by atoms with van der Waals surface area (Å²) in [6.45, 7) is 7.43. The van der Waals surface area contributed by atoms with Crippen LogP contribution in [0.2, 0.25) is 0 Å². The number of ether oxygens (including phenoxy) is 2. The van der Waals surface area contributed by atoms with Crippen molar-refractivity contribution in [1.29, 1.82) is 0 Å². The molecule has 4 nitrogen and oxygen atoms in total. The van der Waals surface area contributed by atoms with Crippen LogP contribution in [-0.2, 0) is 14.3 Å². The lowest BCUT2D eigenvalue weighted by Gasteiger charge is -2.33. The van der Waals surface area contributed by atoms with Gasteiger partial charge in [0.1, 0.15) is 5.76 Å². The molecule has 0 saturated heterocycles. The van der Waals surface area contributed by atoms with Gasteiger partial charge >= 0.3 is 5.97 Å². The summed E-state index contributed by atoms with van der Waals surface area (Å²) in [6, 6.07) is 0. The molecule has 0 aromatic carbocycles. The molecule has 2 unspecified atom stereocenters. The van der Waals surface area contributed by atoms with Crippen molar-refractivity contribution in [2.75, 3.05) is 6.61 Å². The Labute approximate surface area is 160 Å². The lowest BCUT2D eigenvalue weighted by atomic mass is 9.83. The van der Waals surface area contributed by atoms with Crippen molar-refractivity contribution in [3.05, 3.63) is 96.1 Å². The van der Waals surface area contributed by atoms with Gasteiger partial charge < -0.3 is 14.6 Å². The second-order valence-electron chi connectivity index (χ2n) is 6.14. The summed E-state index contributed by atoms with van der Waals surface area (Å²) >= 11 is 0. The number of hydrogen-bond acceptors (Lipinski definition) is 4. The molecule has 1 aliphatic heterocycles. The Hall–Kier alpha value is -2.85. The van der Waals surface area contributed by atoms with E-state index < -0.39 is 6.10 Å². The average molecular weight is 366 g/mol. The van der Waals surface area contributed by atoms with E-state index in [1.165, 1.54) is 13.2 Å². The molecule has 27 heavy (non-hydrogen) atoms. The van der Waals surface area contributed by atoms with Crippen LogP contribution < -0.4 is 0 Å². The van der Waals surface area contributed by atoms with Gasteiger partial charge in [-0.25, -0.2) is 0 Å². The summed E-state index contributed by atoms with van der Waals surface area (Å²) in [5, 5.41) is 11.1. The SMILES string of the molecule is C=C/C(=C\C=C\OC(C)=O)C1COC(/C=C\C)=C(C2=CC=CCC=C2)C1O. The molecule has 0 aromatic rings. The molecule has 0 fully saturated rings. The third kappa shape index (κ3) is 5.56. The van der Waals surface area contributed by atoms with Crippen molar-refractivity contribution in [3.8, 4) is 0 Å². The quantitative estimate of drug-likeness (QED) is 0.428. The highest BCUT2D eigenvalue weighted by Crippen LogP contribution is 2.35. The second kappa shape index (κ2) is 10.3. The summed E-state index contributed by atoms with van der Waals surface area (Å²) in [5.41, 5.74) is 2.48. The molecule has 4 heteroatoms. The molecule has 0 spiro atoms. The van der Waals surface area contributed by atoms with Gasteiger partial charge in [0.05, 0.1) is 19.0 Å². The Morgan fingerprint density at radius 3 is 2.93 bits per heavy atom. The van der Waals surface area contributed by atoms with Gasteiger partial charge in [-0.05, 0) is 36.6 Å². The predicted octanol–water partition coefficient (Wildman–Crippen LogP) is 4.46. The molecule has 142 valence electrons. The van der Waals surface area contributed by atoms with E-state index in [1.807, 2.05) is 37.3 Å². The minimum Gasteiger partial charge on any atom is -0.492 e. The number of aliphatic hydroxyl groups excluding tert-OH is 1. The van der Waals surface area contributed by atoms with E-state index in [0.717, 1.165) is 23.1 Å². The lowest BCUT2D eigenvalue weighted by Crippen LogP contribution is -2.34. The molecule has 1 N–H and O–H groups in total. The van der Waals surface area contributed by atoms with Crippen LogP contribution in [-0.4, -0.2) is 23.8 Å². The highest BCUT2D eigenvalue weighted by molar-refractivity contribution is 5.66. The smallest absolute Gasteiger partial charge is 0.307 e. The first-order valence-electron chi connectivity index (χ1n) is 8.96. The van der Waals surface area contributed by atoms with E-state index in [-0.39, 0.29) is 11.9 Å². The van der Waals surface area contributed by atoms with Crippen molar-refractivity contribution < 1.29 is 19.4 Å². The third-order valence-electron chi connectivity index (χ3n) is 4.24. The summed E-state index contributed by atoms with van der Waals surface area (Å²) in [4.78, 5) is 10.9. The molecule has 1 aliphatic carbocycles. The second-order valence-corrected chi connectivity index (χ2v) is 6.14. The van der Waals surface area contributed by atoms with E-state index in [1.54, 1.807) is 18.2 Å². The van der Waals surface area contributed by atoms with Gasteiger partial charge in [-0.1, -0.05) is 55.2 Å². The molecule has 0 aromatic heterocycles. The van der Waals surface area contributed by atoms with Crippen LogP contribution in [0, 0.1) is 5.92 Å². The maximum Gasteiger partial charge on any atom is 0.307 e. The fourth-order valence-corrected chi connectivity index (χ4v) is 2.96. The average Bonchev–Trinajstić information content (AvgIpc) is 2.92. The number of carbonyl (C=O) groups excluding carboxylic acids is 1. The Kier molecular flexibility index (Phi) is 7.83. The molecule has 0 amide bonds. The van der Waals surface area contributed by atoms with E-state index in [0.29, 0.717) is 12.4 Å². The van der Waals surface area contributed by atoms with Gasteiger partial charge in [-0.3, -0.25) is 4.79 Å². The summed E-state index contributed by atoms with van der Waals surface area (Å²) in [7, 11) is 0. The number of rotatable bonds is 6. The number of hydrogen-bond donors (Lipinski definition) is 1. The monoisotopic (exact) mass is 366 g/mol. The van der Waals surface area contributed by atoms with Crippen LogP contribution >= 0.6 is 0 Å². The van der Waals surface area contributed by atoms with E-state index in [9.17, 15) is 9.90 Å². The van der Waals surface area contributed by atoms with Crippen LogP contribution in [0.1, 0.15) is 20.3 Å². The third-order valence-corrected chi connectivity index (χ3v) is 4.24. The zero-order chi connectivity index (χ0) is 19.6. The minimum atomic E-state index is -0.751. The van der Waals surface area contributed by atoms with Crippen LogP contribution in [0.3, 0.4) is 0 Å². The van der Waals surface area contributed by atoms with Crippen molar-refractivity contribution >= 4 is 5.97 Å². The maximum atomic E-state index is 11.1. The van der Waals surface area contributed by atoms with Gasteiger partial charge in [0.25, 0.3) is 0 Å². The topological polar surface area (TPSA) is 55.8 Å². The maximum absolute atomic E-state index is 11.1. The van der Waals surface area contributed by atoms with Crippen LogP contribution in [0.4, 0.5) is 0 Å². The first-order valence-corrected chi connectivity index (χ1v) is 8.96. The lowest BCUT2D eigenvalue weighted by molar-refractivity contribution is -0.135. The highest BCUT2D eigenvalue weighted by atomic mass is 16.5. The Balaban J connectivity index is 2.36. The van der Waals surface area contributed by atoms with E-state index in [2.05, 4.69) is 18.7 Å². The summed E-state index contributed by atoms with van der Waals surface area (Å²) in [6.07, 6.45) is 20.3. The molecular formula is C23H26O4. The highest BCUT2D eigenvalue weighted by Gasteiger charge is 2.33. The van der Waals surface area contributed by atoms with Gasteiger partial charge in [0, 0.05) is 18.4 Å². The molecule has 2 rings (SSSR count). The number of aliphatic hydroxyl groups is 1. The summed E-state index contributed by atoms with van der Waals surface area (Å²) in [5.74, 6) is 0.00327. The first-order chi connectivity index (χ1) is 13.1. The molecular weight excluding hydrogens is 340 g/mol. The zero-order valence-electron chi connectivity index (χ0n) is 15.8. The molecule has 0 saturated carbocycles. The number of carbonyl (C=O) groups is 1. The first kappa shape index (κ1) is 20.5. The number of esters is 1. The Bertz CT molecular complexity index is 772. The molecule has 2 atom stereocenters. The van der Waals surface area contributed by atoms with Gasteiger partial charge in [-0.15, -0.1) is 0 Å². The normalized spacial score (nSPS) is 23.4. The fraction of sp³-hybridized carbons (Fsp3) is 0.261. The standard InChI is InChI=1S/C23H26O4/c1-4-11-21-22(19-12-8-6-7-9-13-19)23(25)20(16-27-21)18(5-2)14-10-15-26-17(3)24/h4-6,8-15,20,23,25H,2,7,16H2,1,3H3/b11-4-,15-10+,18-14+. The molecule has 1 heterocycles. The zero-order valence-corrected chi connectivity index (χ0v) is 15.8. The predicted molar refractivity (Wildman–Crippen MR) is 107 cm³/mol. The summed E-state index contributed by atoms with van der Waals surface area (Å²) < 4.78 is 10.8. The largest absolute Gasteiger partial charge is 0.492 e. The van der Waals surface area contributed by atoms with Crippen LogP contribution in [0.5, 0.6) is 0 Å². The number of allylic oxidation sites excluding steroid dienone is 10. The van der Waals surface area contributed by atoms with Crippen molar-refractivity contribution in [2.45, 2.75) is 26.4 Å². The van der Waals surface area contributed by atoms with Gasteiger partial charge in [-0.2, -0.15) is 0 Å². The molecule has 2 aliphatic rings.